The number of amides is 1. The molecule has 1 amide bonds. The smallest absolute Gasteiger partial charge is 0.338 e. The lowest BCUT2D eigenvalue weighted by Gasteiger charge is -2.24. The second kappa shape index (κ2) is 10.2. The molecule has 1 aliphatic rings. The van der Waals surface area contributed by atoms with Crippen molar-refractivity contribution in [2.75, 3.05) is 23.9 Å². The quantitative estimate of drug-likeness (QED) is 0.426. The molecule has 9 heteroatoms. The van der Waals surface area contributed by atoms with E-state index in [4.69, 9.17) is 16.3 Å². The second-order valence-corrected chi connectivity index (χ2v) is 9.65. The van der Waals surface area contributed by atoms with Crippen molar-refractivity contribution in [3.8, 4) is 0 Å². The molecule has 0 radical (unpaired) electrons. The number of halogens is 1. The average molecular weight is 477 g/mol. The fourth-order valence-electron chi connectivity index (χ4n) is 3.48. The van der Waals surface area contributed by atoms with Gasteiger partial charge in [-0.05, 0) is 50.1 Å². The van der Waals surface area contributed by atoms with Crippen LogP contribution in [0.25, 0.3) is 0 Å². The first-order chi connectivity index (χ1) is 15.3. The molecular weight excluding hydrogens is 452 g/mol. The second-order valence-electron chi connectivity index (χ2n) is 7.38. The highest BCUT2D eigenvalue weighted by Crippen LogP contribution is 2.30. The third-order valence-corrected chi connectivity index (χ3v) is 7.22. The molecule has 7 nitrogen and oxygen atoms in total. The van der Waals surface area contributed by atoms with Crippen molar-refractivity contribution in [2.24, 2.45) is 0 Å². The number of benzene rings is 2. The largest absolute Gasteiger partial charge is 0.449 e. The summed E-state index contributed by atoms with van der Waals surface area (Å²) in [5, 5.41) is 0.266. The average Bonchev–Trinajstić information content (AvgIpc) is 3.32. The number of para-hydroxylation sites is 1. The Balaban J connectivity index is 1.84. The van der Waals surface area contributed by atoms with Crippen LogP contribution in [0, 0.1) is 0 Å². The van der Waals surface area contributed by atoms with Crippen LogP contribution in [0.15, 0.2) is 66.1 Å². The van der Waals surface area contributed by atoms with E-state index in [9.17, 15) is 18.0 Å². The van der Waals surface area contributed by atoms with Crippen molar-refractivity contribution in [2.45, 2.75) is 30.8 Å². The Hall–Kier alpha value is -2.84. The Bertz CT molecular complexity index is 1110. The highest BCUT2D eigenvalue weighted by molar-refractivity contribution is 7.92. The lowest BCUT2D eigenvalue weighted by atomic mass is 10.2. The van der Waals surface area contributed by atoms with E-state index in [-0.39, 0.29) is 27.9 Å². The summed E-state index contributed by atoms with van der Waals surface area (Å²) >= 11 is 6.22. The Kier molecular flexibility index (Phi) is 7.58. The van der Waals surface area contributed by atoms with Crippen LogP contribution in [0.3, 0.4) is 0 Å². The van der Waals surface area contributed by atoms with Gasteiger partial charge in [0.1, 0.15) is 0 Å². The third-order valence-electron chi connectivity index (χ3n) is 5.12. The zero-order valence-corrected chi connectivity index (χ0v) is 19.3. The van der Waals surface area contributed by atoms with Gasteiger partial charge in [0.15, 0.2) is 6.10 Å². The summed E-state index contributed by atoms with van der Waals surface area (Å²) in [7, 11) is -4.06. The van der Waals surface area contributed by atoms with Crippen molar-refractivity contribution >= 4 is 39.2 Å². The summed E-state index contributed by atoms with van der Waals surface area (Å²) in [4.78, 5) is 26.6. The van der Waals surface area contributed by atoms with E-state index in [2.05, 4.69) is 6.58 Å². The van der Waals surface area contributed by atoms with Crippen LogP contribution >= 0.6 is 11.6 Å². The number of hydrogen-bond donors (Lipinski definition) is 0. The predicted octanol–water partition coefficient (Wildman–Crippen LogP) is 3.89. The van der Waals surface area contributed by atoms with E-state index in [1.807, 2.05) is 0 Å². The molecular formula is C23H25ClN2O5S. The lowest BCUT2D eigenvalue weighted by Crippen LogP contribution is -2.38. The van der Waals surface area contributed by atoms with Crippen molar-refractivity contribution < 1.29 is 22.7 Å². The molecule has 0 bridgehead atoms. The maximum absolute atomic E-state index is 13.4. The SMILES string of the molecule is C=CCN(c1ccccc1Cl)S(=O)(=O)c1cccc(C(=O)OC(C)C(=O)N2CCCC2)c1. The molecule has 32 heavy (non-hydrogen) atoms. The van der Waals surface area contributed by atoms with Crippen molar-refractivity contribution in [1.82, 2.24) is 4.90 Å². The fraction of sp³-hybridized carbons (Fsp3) is 0.304. The number of anilines is 1. The maximum atomic E-state index is 13.4. The molecule has 0 aromatic heterocycles. The first-order valence-electron chi connectivity index (χ1n) is 10.2. The molecule has 2 aromatic carbocycles. The van der Waals surface area contributed by atoms with E-state index in [0.29, 0.717) is 18.8 Å². The third kappa shape index (κ3) is 5.14. The number of ether oxygens (including phenoxy) is 1. The highest BCUT2D eigenvalue weighted by atomic mass is 35.5. The molecule has 1 saturated heterocycles. The van der Waals surface area contributed by atoms with Crippen molar-refractivity contribution in [1.29, 1.82) is 0 Å². The number of rotatable bonds is 8. The summed E-state index contributed by atoms with van der Waals surface area (Å²) in [5.41, 5.74) is 0.330. The molecule has 1 atom stereocenters. The number of likely N-dealkylation sites (tertiary alicyclic amines) is 1. The van der Waals surface area contributed by atoms with Gasteiger partial charge in [-0.25, -0.2) is 13.2 Å². The monoisotopic (exact) mass is 476 g/mol. The molecule has 1 fully saturated rings. The molecule has 1 unspecified atom stereocenters. The van der Waals surface area contributed by atoms with Gasteiger partial charge in [0.2, 0.25) is 0 Å². The minimum atomic E-state index is -4.06. The standard InChI is InChI=1S/C23H25ClN2O5S/c1-3-13-26(21-12-5-4-11-20(21)24)32(29,30)19-10-8-9-18(16-19)23(28)31-17(2)22(27)25-14-6-7-15-25/h3-5,8-12,16-17H,1,6-7,13-15H2,2H3. The van der Waals surface area contributed by atoms with Crippen LogP contribution in [0.4, 0.5) is 5.69 Å². The fourth-order valence-corrected chi connectivity index (χ4v) is 5.27. The maximum Gasteiger partial charge on any atom is 0.338 e. The van der Waals surface area contributed by atoms with E-state index in [1.54, 1.807) is 29.2 Å². The summed E-state index contributed by atoms with van der Waals surface area (Å²) in [6.07, 6.45) is 2.35. The van der Waals surface area contributed by atoms with Gasteiger partial charge in [-0.2, -0.15) is 0 Å². The van der Waals surface area contributed by atoms with E-state index >= 15 is 0 Å². The van der Waals surface area contributed by atoms with Gasteiger partial charge in [-0.1, -0.05) is 35.9 Å². The molecule has 0 saturated carbocycles. The van der Waals surface area contributed by atoms with Gasteiger partial charge in [0.05, 0.1) is 27.7 Å². The lowest BCUT2D eigenvalue weighted by molar-refractivity contribution is -0.138. The van der Waals surface area contributed by atoms with E-state index in [1.165, 1.54) is 37.3 Å². The number of carbonyl (C=O) groups is 2. The van der Waals surface area contributed by atoms with Crippen LogP contribution in [0.1, 0.15) is 30.1 Å². The predicted molar refractivity (Wildman–Crippen MR) is 123 cm³/mol. The number of carbonyl (C=O) groups excluding carboxylic acids is 2. The summed E-state index contributed by atoms with van der Waals surface area (Å²) in [6.45, 7) is 6.43. The molecule has 3 rings (SSSR count). The molecule has 0 spiro atoms. The van der Waals surface area contributed by atoms with Gasteiger partial charge in [-0.3, -0.25) is 9.10 Å². The van der Waals surface area contributed by atoms with Crippen LogP contribution in [0.2, 0.25) is 5.02 Å². The zero-order chi connectivity index (χ0) is 23.3. The number of esters is 1. The summed E-state index contributed by atoms with van der Waals surface area (Å²) < 4.78 is 33.2. The number of nitrogens with zero attached hydrogens (tertiary/aromatic N) is 2. The molecule has 1 heterocycles. The minimum absolute atomic E-state index is 0.0118. The first kappa shape index (κ1) is 23.8. The molecule has 0 N–H and O–H groups in total. The van der Waals surface area contributed by atoms with Crippen LogP contribution in [0.5, 0.6) is 0 Å². The Labute approximate surface area is 193 Å². The van der Waals surface area contributed by atoms with Gasteiger partial charge in [0.25, 0.3) is 15.9 Å². The van der Waals surface area contributed by atoms with Gasteiger partial charge < -0.3 is 9.64 Å². The van der Waals surface area contributed by atoms with Crippen molar-refractivity contribution in [3.63, 3.8) is 0 Å². The summed E-state index contributed by atoms with van der Waals surface area (Å²) in [6, 6.07) is 12.1. The normalized spacial score (nSPS) is 14.6. The molecule has 170 valence electrons. The topological polar surface area (TPSA) is 84.0 Å². The Morgan fingerprint density at radius 1 is 1.19 bits per heavy atom. The Morgan fingerprint density at radius 2 is 1.88 bits per heavy atom. The van der Waals surface area contributed by atoms with E-state index < -0.39 is 22.1 Å². The number of sulfonamides is 1. The van der Waals surface area contributed by atoms with Crippen LogP contribution in [-0.2, 0) is 19.6 Å². The van der Waals surface area contributed by atoms with Crippen LogP contribution < -0.4 is 4.31 Å². The molecule has 0 aliphatic carbocycles. The van der Waals surface area contributed by atoms with Gasteiger partial charge in [0, 0.05) is 13.1 Å². The van der Waals surface area contributed by atoms with Crippen molar-refractivity contribution in [3.05, 3.63) is 71.8 Å². The van der Waals surface area contributed by atoms with E-state index in [0.717, 1.165) is 17.1 Å². The van der Waals surface area contributed by atoms with Gasteiger partial charge >= 0.3 is 5.97 Å². The first-order valence-corrected chi connectivity index (χ1v) is 12.1. The zero-order valence-electron chi connectivity index (χ0n) is 17.7. The number of hydrogen-bond acceptors (Lipinski definition) is 5. The minimum Gasteiger partial charge on any atom is -0.449 e. The van der Waals surface area contributed by atoms with Gasteiger partial charge in [-0.15, -0.1) is 6.58 Å². The Morgan fingerprint density at radius 3 is 2.53 bits per heavy atom. The molecule has 2 aromatic rings. The summed E-state index contributed by atoms with van der Waals surface area (Å²) in [5.74, 6) is -1.02. The van der Waals surface area contributed by atoms with Crippen LogP contribution in [-0.4, -0.2) is 50.9 Å². The molecule has 1 aliphatic heterocycles. The highest BCUT2D eigenvalue weighted by Gasteiger charge is 2.29.